The van der Waals surface area contributed by atoms with Crippen molar-refractivity contribution in [2.45, 2.75) is 44.6 Å². The van der Waals surface area contributed by atoms with Gasteiger partial charge in [-0.15, -0.1) is 0 Å². The highest BCUT2D eigenvalue weighted by atomic mass is 32.2. The summed E-state index contributed by atoms with van der Waals surface area (Å²) in [5, 5.41) is 1.32. The van der Waals surface area contributed by atoms with Crippen molar-refractivity contribution in [1.29, 1.82) is 0 Å². The smallest absolute Gasteiger partial charge is 0.121 e. The molecule has 1 heterocycles. The largest absolute Gasteiger partial charge is 0.303 e. The molecule has 1 rings (SSSR count). The Bertz CT molecular complexity index is 175. The molecule has 0 radical (unpaired) electrons. The summed E-state index contributed by atoms with van der Waals surface area (Å²) < 4.78 is 0. The Morgan fingerprint density at radius 1 is 1.50 bits per heavy atom. The highest BCUT2D eigenvalue weighted by Gasteiger charge is 2.49. The highest BCUT2D eigenvalue weighted by molar-refractivity contribution is 8.07. The summed E-state index contributed by atoms with van der Waals surface area (Å²) in [7, 11) is 0. The molecular formula is C10H18OS. The SMILES string of the molecule is CC(C)C(C)(C)C1SC1CC=O. The molecule has 0 aromatic carbocycles. The molecule has 0 aliphatic carbocycles. The van der Waals surface area contributed by atoms with Crippen LogP contribution in [0.2, 0.25) is 0 Å². The molecule has 2 unspecified atom stereocenters. The quantitative estimate of drug-likeness (QED) is 0.496. The predicted octanol–water partition coefficient (Wildman–Crippen LogP) is 2.74. The van der Waals surface area contributed by atoms with Crippen molar-refractivity contribution >= 4 is 18.0 Å². The minimum absolute atomic E-state index is 0.387. The molecule has 70 valence electrons. The molecule has 1 fully saturated rings. The minimum atomic E-state index is 0.387. The molecule has 0 spiro atoms. The molecule has 0 aromatic rings. The zero-order valence-electron chi connectivity index (χ0n) is 8.33. The van der Waals surface area contributed by atoms with Gasteiger partial charge in [0.1, 0.15) is 6.29 Å². The molecule has 1 aliphatic rings. The van der Waals surface area contributed by atoms with E-state index in [1.54, 1.807) is 0 Å². The lowest BCUT2D eigenvalue weighted by Crippen LogP contribution is -2.26. The molecule has 1 saturated heterocycles. The van der Waals surface area contributed by atoms with Crippen LogP contribution in [0.5, 0.6) is 0 Å². The van der Waals surface area contributed by atoms with Gasteiger partial charge >= 0.3 is 0 Å². The van der Waals surface area contributed by atoms with Gasteiger partial charge in [-0.3, -0.25) is 0 Å². The summed E-state index contributed by atoms with van der Waals surface area (Å²) in [6.07, 6.45) is 1.79. The molecule has 0 amide bonds. The number of hydrogen-bond acceptors (Lipinski definition) is 2. The van der Waals surface area contributed by atoms with Gasteiger partial charge in [-0.1, -0.05) is 27.7 Å². The maximum Gasteiger partial charge on any atom is 0.121 e. The van der Waals surface area contributed by atoms with E-state index in [1.807, 2.05) is 11.8 Å². The van der Waals surface area contributed by atoms with Gasteiger partial charge in [0, 0.05) is 16.9 Å². The van der Waals surface area contributed by atoms with Crippen LogP contribution in [0, 0.1) is 11.3 Å². The maximum atomic E-state index is 10.3. The second kappa shape index (κ2) is 3.41. The Hall–Kier alpha value is 0.0200. The molecule has 2 heteroatoms. The van der Waals surface area contributed by atoms with Crippen LogP contribution in [0.4, 0.5) is 0 Å². The van der Waals surface area contributed by atoms with Crippen molar-refractivity contribution in [2.75, 3.05) is 0 Å². The van der Waals surface area contributed by atoms with Crippen LogP contribution in [0.25, 0.3) is 0 Å². The van der Waals surface area contributed by atoms with Crippen LogP contribution < -0.4 is 0 Å². The van der Waals surface area contributed by atoms with Gasteiger partial charge in [0.15, 0.2) is 0 Å². The van der Waals surface area contributed by atoms with Crippen LogP contribution in [0.1, 0.15) is 34.1 Å². The molecule has 1 nitrogen and oxygen atoms in total. The maximum absolute atomic E-state index is 10.3. The molecule has 2 atom stereocenters. The van der Waals surface area contributed by atoms with E-state index < -0.39 is 0 Å². The molecule has 0 N–H and O–H groups in total. The van der Waals surface area contributed by atoms with E-state index in [4.69, 9.17) is 0 Å². The van der Waals surface area contributed by atoms with Crippen molar-refractivity contribution < 1.29 is 4.79 Å². The number of carbonyl (C=O) groups is 1. The summed E-state index contributed by atoms with van der Waals surface area (Å²) in [6, 6.07) is 0. The van der Waals surface area contributed by atoms with Crippen molar-refractivity contribution in [1.82, 2.24) is 0 Å². The van der Waals surface area contributed by atoms with Crippen LogP contribution in [-0.2, 0) is 4.79 Å². The Morgan fingerprint density at radius 2 is 2.08 bits per heavy atom. The Morgan fingerprint density at radius 3 is 2.50 bits per heavy atom. The standard InChI is InChI=1S/C10H18OS/c1-7(2)10(3,4)9-8(12-9)5-6-11/h6-9H,5H2,1-4H3. The van der Waals surface area contributed by atoms with Crippen molar-refractivity contribution in [3.05, 3.63) is 0 Å². The lowest BCUT2D eigenvalue weighted by Gasteiger charge is -2.28. The second-order valence-corrected chi connectivity index (χ2v) is 5.86. The average molecular weight is 186 g/mol. The van der Waals surface area contributed by atoms with Crippen LogP contribution >= 0.6 is 11.8 Å². The van der Waals surface area contributed by atoms with E-state index in [0.29, 0.717) is 21.8 Å². The van der Waals surface area contributed by atoms with Crippen molar-refractivity contribution in [2.24, 2.45) is 11.3 Å². The fraction of sp³-hybridized carbons (Fsp3) is 0.900. The molecule has 0 saturated carbocycles. The third-order valence-electron chi connectivity index (χ3n) is 3.13. The summed E-state index contributed by atoms with van der Waals surface area (Å²) in [5.74, 6) is 0.701. The number of hydrogen-bond donors (Lipinski definition) is 0. The van der Waals surface area contributed by atoms with E-state index >= 15 is 0 Å². The molecule has 1 aliphatic heterocycles. The Balaban J connectivity index is 2.45. The van der Waals surface area contributed by atoms with Crippen LogP contribution in [-0.4, -0.2) is 16.8 Å². The lowest BCUT2D eigenvalue weighted by atomic mass is 9.77. The predicted molar refractivity (Wildman–Crippen MR) is 54.5 cm³/mol. The van der Waals surface area contributed by atoms with Crippen LogP contribution in [0.3, 0.4) is 0 Å². The second-order valence-electron chi connectivity index (χ2n) is 4.47. The van der Waals surface area contributed by atoms with E-state index in [2.05, 4.69) is 27.7 Å². The number of thioether (sulfide) groups is 1. The summed E-state index contributed by atoms with van der Waals surface area (Å²) in [6.45, 7) is 9.13. The van der Waals surface area contributed by atoms with Crippen molar-refractivity contribution in [3.8, 4) is 0 Å². The Labute approximate surface area is 79.3 Å². The third kappa shape index (κ3) is 1.85. The Kier molecular flexibility index (Phi) is 2.87. The molecule has 0 aromatic heterocycles. The molecular weight excluding hydrogens is 168 g/mol. The fourth-order valence-corrected chi connectivity index (χ4v) is 2.96. The summed E-state index contributed by atoms with van der Waals surface area (Å²) in [4.78, 5) is 10.3. The fourth-order valence-electron chi connectivity index (χ4n) is 1.40. The monoisotopic (exact) mass is 186 g/mol. The first-order valence-corrected chi connectivity index (χ1v) is 5.53. The van der Waals surface area contributed by atoms with Gasteiger partial charge in [0.2, 0.25) is 0 Å². The van der Waals surface area contributed by atoms with Gasteiger partial charge in [-0.25, -0.2) is 0 Å². The number of rotatable bonds is 4. The summed E-state index contributed by atoms with van der Waals surface area (Å²) in [5.41, 5.74) is 0.387. The van der Waals surface area contributed by atoms with Gasteiger partial charge in [0.25, 0.3) is 0 Å². The van der Waals surface area contributed by atoms with Crippen LogP contribution in [0.15, 0.2) is 0 Å². The first kappa shape index (κ1) is 10.1. The molecule has 0 bridgehead atoms. The van der Waals surface area contributed by atoms with E-state index in [1.165, 1.54) is 0 Å². The third-order valence-corrected chi connectivity index (χ3v) is 4.86. The van der Waals surface area contributed by atoms with Gasteiger partial charge in [-0.2, -0.15) is 11.8 Å². The number of carbonyl (C=O) groups excluding carboxylic acids is 1. The van der Waals surface area contributed by atoms with Gasteiger partial charge in [-0.05, 0) is 11.3 Å². The topological polar surface area (TPSA) is 17.1 Å². The first-order chi connectivity index (χ1) is 5.50. The normalized spacial score (nSPS) is 29.1. The minimum Gasteiger partial charge on any atom is -0.303 e. The summed E-state index contributed by atoms with van der Waals surface area (Å²) >= 11 is 1.97. The average Bonchev–Trinajstić information content (AvgIpc) is 2.68. The van der Waals surface area contributed by atoms with E-state index in [0.717, 1.165) is 12.7 Å². The first-order valence-electron chi connectivity index (χ1n) is 4.59. The zero-order chi connectivity index (χ0) is 9.35. The zero-order valence-corrected chi connectivity index (χ0v) is 9.15. The highest BCUT2D eigenvalue weighted by Crippen LogP contribution is 2.55. The lowest BCUT2D eigenvalue weighted by molar-refractivity contribution is -0.107. The van der Waals surface area contributed by atoms with Crippen molar-refractivity contribution in [3.63, 3.8) is 0 Å². The van der Waals surface area contributed by atoms with Gasteiger partial charge in [0.05, 0.1) is 0 Å². The van der Waals surface area contributed by atoms with E-state index in [9.17, 15) is 4.79 Å². The number of aldehydes is 1. The molecule has 12 heavy (non-hydrogen) atoms. The van der Waals surface area contributed by atoms with E-state index in [-0.39, 0.29) is 0 Å². The van der Waals surface area contributed by atoms with Gasteiger partial charge < -0.3 is 4.79 Å².